The summed E-state index contributed by atoms with van der Waals surface area (Å²) in [6, 6.07) is 7.09. The Morgan fingerprint density at radius 1 is 1.15 bits per heavy atom. The summed E-state index contributed by atoms with van der Waals surface area (Å²) in [6.45, 7) is 2.00. The fraction of sp³-hybridized carbons (Fsp3) is 0.600. The Morgan fingerprint density at radius 2 is 1.77 bits per heavy atom. The average molecular weight is 361 g/mol. The number of nitrogens with zero attached hydrogens (tertiary/aromatic N) is 1. The number of amides is 2. The minimum absolute atomic E-state index is 0.00310. The van der Waals surface area contributed by atoms with E-state index in [0.717, 1.165) is 18.6 Å². The van der Waals surface area contributed by atoms with Crippen LogP contribution in [0, 0.1) is 0 Å². The van der Waals surface area contributed by atoms with E-state index in [1.165, 1.54) is 25.7 Å². The first-order chi connectivity index (χ1) is 12.5. The molecule has 0 bridgehead atoms. The highest BCUT2D eigenvalue weighted by Crippen LogP contribution is 2.18. The predicted octanol–water partition coefficient (Wildman–Crippen LogP) is 2.79. The standard InChI is InChI=1S/C20H31N3O3/c1-15(20(25)22-16-8-6-4-5-7-9-16)23(2)14-19(24)21-17-10-12-18(26-3)13-11-17/h10-13,15-16H,4-9,14H2,1-3H3,(H,21,24)(H,22,25)/t15-/m0/s1. The fourth-order valence-corrected chi connectivity index (χ4v) is 3.18. The van der Waals surface area contributed by atoms with Crippen molar-refractivity contribution in [1.29, 1.82) is 0 Å². The molecule has 1 fully saturated rings. The Kier molecular flexibility index (Phi) is 7.91. The molecule has 0 spiro atoms. The normalized spacial score (nSPS) is 16.6. The van der Waals surface area contributed by atoms with Crippen LogP contribution in [0.3, 0.4) is 0 Å². The molecule has 1 aromatic carbocycles. The molecule has 0 radical (unpaired) electrons. The van der Waals surface area contributed by atoms with Gasteiger partial charge < -0.3 is 15.4 Å². The number of nitrogens with one attached hydrogen (secondary N) is 2. The lowest BCUT2D eigenvalue weighted by Gasteiger charge is -2.26. The van der Waals surface area contributed by atoms with E-state index in [1.807, 2.05) is 6.92 Å². The second-order valence-corrected chi connectivity index (χ2v) is 7.06. The SMILES string of the molecule is COc1ccc(NC(=O)CN(C)[C@@H](C)C(=O)NC2CCCCCC2)cc1. The first-order valence-corrected chi connectivity index (χ1v) is 9.44. The molecule has 1 aliphatic rings. The third-order valence-corrected chi connectivity index (χ3v) is 5.01. The third-order valence-electron chi connectivity index (χ3n) is 5.01. The monoisotopic (exact) mass is 361 g/mol. The number of ether oxygens (including phenoxy) is 1. The quantitative estimate of drug-likeness (QED) is 0.733. The van der Waals surface area contributed by atoms with Crippen molar-refractivity contribution in [2.45, 2.75) is 57.5 Å². The molecule has 1 atom stereocenters. The van der Waals surface area contributed by atoms with Crippen molar-refractivity contribution in [3.8, 4) is 5.75 Å². The van der Waals surface area contributed by atoms with Crippen molar-refractivity contribution in [3.63, 3.8) is 0 Å². The molecule has 2 rings (SSSR count). The van der Waals surface area contributed by atoms with E-state index in [1.54, 1.807) is 43.3 Å². The number of anilines is 1. The van der Waals surface area contributed by atoms with Gasteiger partial charge in [-0.2, -0.15) is 0 Å². The Bertz CT molecular complexity index is 580. The van der Waals surface area contributed by atoms with Gasteiger partial charge in [0.15, 0.2) is 0 Å². The predicted molar refractivity (Wildman–Crippen MR) is 103 cm³/mol. The van der Waals surface area contributed by atoms with Gasteiger partial charge in [-0.3, -0.25) is 14.5 Å². The van der Waals surface area contributed by atoms with E-state index in [2.05, 4.69) is 10.6 Å². The smallest absolute Gasteiger partial charge is 0.238 e. The summed E-state index contributed by atoms with van der Waals surface area (Å²) in [5.74, 6) is 0.590. The molecular weight excluding hydrogens is 330 g/mol. The van der Waals surface area contributed by atoms with Gasteiger partial charge in [0, 0.05) is 11.7 Å². The third kappa shape index (κ3) is 6.33. The topological polar surface area (TPSA) is 70.7 Å². The van der Waals surface area contributed by atoms with E-state index < -0.39 is 0 Å². The minimum Gasteiger partial charge on any atom is -0.497 e. The highest BCUT2D eigenvalue weighted by molar-refractivity contribution is 5.92. The molecule has 0 unspecified atom stereocenters. The molecule has 6 heteroatoms. The van der Waals surface area contributed by atoms with Gasteiger partial charge in [0.05, 0.1) is 19.7 Å². The molecule has 0 aromatic heterocycles. The molecule has 6 nitrogen and oxygen atoms in total. The Morgan fingerprint density at radius 3 is 2.35 bits per heavy atom. The van der Waals surface area contributed by atoms with Crippen LogP contribution in [-0.4, -0.2) is 49.5 Å². The van der Waals surface area contributed by atoms with Crippen LogP contribution in [0.15, 0.2) is 24.3 Å². The van der Waals surface area contributed by atoms with Crippen molar-refractivity contribution in [2.75, 3.05) is 26.0 Å². The Labute approximate surface area is 156 Å². The van der Waals surface area contributed by atoms with Crippen LogP contribution in [0.5, 0.6) is 5.75 Å². The summed E-state index contributed by atoms with van der Waals surface area (Å²) in [4.78, 5) is 26.5. The number of carbonyl (C=O) groups excluding carboxylic acids is 2. The summed E-state index contributed by atoms with van der Waals surface area (Å²) in [7, 11) is 3.40. The van der Waals surface area contributed by atoms with Crippen LogP contribution in [0.25, 0.3) is 0 Å². The van der Waals surface area contributed by atoms with Gasteiger partial charge in [-0.25, -0.2) is 0 Å². The Hall–Kier alpha value is -2.08. The van der Waals surface area contributed by atoms with E-state index in [9.17, 15) is 9.59 Å². The van der Waals surface area contributed by atoms with Crippen LogP contribution in [0.2, 0.25) is 0 Å². The largest absolute Gasteiger partial charge is 0.497 e. The molecule has 1 aromatic rings. The number of hydrogen-bond acceptors (Lipinski definition) is 4. The summed E-state index contributed by atoms with van der Waals surface area (Å²) in [5, 5.41) is 5.99. The van der Waals surface area contributed by atoms with Crippen molar-refractivity contribution in [2.24, 2.45) is 0 Å². The summed E-state index contributed by atoms with van der Waals surface area (Å²) in [5.41, 5.74) is 0.708. The van der Waals surface area contributed by atoms with Crippen molar-refractivity contribution < 1.29 is 14.3 Å². The first-order valence-electron chi connectivity index (χ1n) is 9.44. The van der Waals surface area contributed by atoms with Crippen molar-refractivity contribution >= 4 is 17.5 Å². The van der Waals surface area contributed by atoms with Gasteiger partial charge in [0.25, 0.3) is 0 Å². The molecule has 144 valence electrons. The molecule has 26 heavy (non-hydrogen) atoms. The van der Waals surface area contributed by atoms with Gasteiger partial charge in [0.2, 0.25) is 11.8 Å². The van der Waals surface area contributed by atoms with Gasteiger partial charge in [-0.05, 0) is 51.1 Å². The zero-order chi connectivity index (χ0) is 18.9. The zero-order valence-electron chi connectivity index (χ0n) is 16.1. The van der Waals surface area contributed by atoms with Crippen molar-refractivity contribution in [3.05, 3.63) is 24.3 Å². The average Bonchev–Trinajstić information content (AvgIpc) is 2.90. The maximum Gasteiger partial charge on any atom is 0.238 e. The van der Waals surface area contributed by atoms with Gasteiger partial charge >= 0.3 is 0 Å². The fourth-order valence-electron chi connectivity index (χ4n) is 3.18. The van der Waals surface area contributed by atoms with Crippen LogP contribution < -0.4 is 15.4 Å². The number of likely N-dealkylation sites (N-methyl/N-ethyl adjacent to an activating group) is 1. The van der Waals surface area contributed by atoms with Gasteiger partial charge in [-0.15, -0.1) is 0 Å². The first kappa shape index (κ1) is 20.2. The summed E-state index contributed by atoms with van der Waals surface area (Å²) in [6.07, 6.45) is 6.99. The second kappa shape index (κ2) is 10.2. The van der Waals surface area contributed by atoms with E-state index in [-0.39, 0.29) is 30.4 Å². The van der Waals surface area contributed by atoms with Crippen LogP contribution in [0.1, 0.15) is 45.4 Å². The second-order valence-electron chi connectivity index (χ2n) is 7.06. The summed E-state index contributed by atoms with van der Waals surface area (Å²) < 4.78 is 5.10. The van der Waals surface area contributed by atoms with Crippen molar-refractivity contribution in [1.82, 2.24) is 10.2 Å². The number of hydrogen-bond donors (Lipinski definition) is 2. The Balaban J connectivity index is 1.79. The highest BCUT2D eigenvalue weighted by Gasteiger charge is 2.23. The number of rotatable bonds is 7. The lowest BCUT2D eigenvalue weighted by atomic mass is 10.1. The van der Waals surface area contributed by atoms with Crippen LogP contribution in [0.4, 0.5) is 5.69 Å². The molecule has 2 N–H and O–H groups in total. The molecule has 1 saturated carbocycles. The molecule has 1 aliphatic carbocycles. The lowest BCUT2D eigenvalue weighted by molar-refractivity contribution is -0.127. The van der Waals surface area contributed by atoms with Gasteiger partial charge in [-0.1, -0.05) is 25.7 Å². The number of carbonyl (C=O) groups is 2. The molecule has 0 aliphatic heterocycles. The van der Waals surface area contributed by atoms with Gasteiger partial charge in [0.1, 0.15) is 5.75 Å². The van der Waals surface area contributed by atoms with E-state index in [0.29, 0.717) is 5.69 Å². The number of methoxy groups -OCH3 is 1. The van der Waals surface area contributed by atoms with Crippen LogP contribution in [-0.2, 0) is 9.59 Å². The maximum absolute atomic E-state index is 12.5. The molecule has 2 amide bonds. The summed E-state index contributed by atoms with van der Waals surface area (Å²) >= 11 is 0. The molecule has 0 heterocycles. The zero-order valence-corrected chi connectivity index (χ0v) is 16.1. The minimum atomic E-state index is -0.347. The van der Waals surface area contributed by atoms with E-state index >= 15 is 0 Å². The lowest BCUT2D eigenvalue weighted by Crippen LogP contribution is -2.48. The molecular formula is C20H31N3O3. The maximum atomic E-state index is 12.5. The van der Waals surface area contributed by atoms with Crippen LogP contribution >= 0.6 is 0 Å². The molecule has 0 saturated heterocycles. The highest BCUT2D eigenvalue weighted by atomic mass is 16.5. The van der Waals surface area contributed by atoms with E-state index in [4.69, 9.17) is 4.74 Å². The number of benzene rings is 1.